The van der Waals surface area contributed by atoms with E-state index in [1.54, 1.807) is 24.3 Å². The first-order valence-electron chi connectivity index (χ1n) is 5.93. The van der Waals surface area contributed by atoms with Gasteiger partial charge in [0.25, 0.3) is 0 Å². The first kappa shape index (κ1) is 13.6. The number of nitrogens with zero attached hydrogens (tertiary/aromatic N) is 1. The molecule has 3 N–H and O–H groups in total. The summed E-state index contributed by atoms with van der Waals surface area (Å²) < 4.78 is 13.0. The van der Waals surface area contributed by atoms with Crippen LogP contribution in [0.25, 0.3) is 0 Å². The maximum atomic E-state index is 13.0. The molecule has 0 unspecified atom stereocenters. The third-order valence-electron chi connectivity index (χ3n) is 2.85. The van der Waals surface area contributed by atoms with Crippen molar-refractivity contribution < 1.29 is 9.18 Å². The number of nitrogens with two attached hydrogens (primary N) is 1. The van der Waals surface area contributed by atoms with Crippen molar-refractivity contribution in [3.63, 3.8) is 0 Å². The molecule has 0 aliphatic rings. The van der Waals surface area contributed by atoms with Crippen LogP contribution in [-0.2, 0) is 6.54 Å². The van der Waals surface area contributed by atoms with Crippen molar-refractivity contribution in [3.8, 4) is 6.07 Å². The Morgan fingerprint density at radius 1 is 1.30 bits per heavy atom. The van der Waals surface area contributed by atoms with E-state index in [0.717, 1.165) is 6.07 Å². The Labute approximate surface area is 115 Å². The summed E-state index contributed by atoms with van der Waals surface area (Å²) in [4.78, 5) is 11.3. The summed E-state index contributed by atoms with van der Waals surface area (Å²) in [5, 5.41) is 12.0. The minimum atomic E-state index is -0.512. The van der Waals surface area contributed by atoms with Gasteiger partial charge in [-0.3, -0.25) is 4.79 Å². The van der Waals surface area contributed by atoms with Crippen LogP contribution in [0.3, 0.4) is 0 Å². The standard InChI is InChI=1S/C15H12FN3O/c16-12-5-6-14(11(7-12)8-17)19-9-10-3-1-2-4-13(10)15(18)20/h1-7,19H,9H2,(H2,18,20). The molecule has 2 aromatic rings. The highest BCUT2D eigenvalue weighted by atomic mass is 19.1. The van der Waals surface area contributed by atoms with Gasteiger partial charge in [-0.2, -0.15) is 5.26 Å². The highest BCUT2D eigenvalue weighted by Crippen LogP contribution is 2.18. The number of anilines is 1. The molecule has 0 aliphatic carbocycles. The number of benzene rings is 2. The van der Waals surface area contributed by atoms with E-state index >= 15 is 0 Å². The van der Waals surface area contributed by atoms with Gasteiger partial charge in [0.05, 0.1) is 11.3 Å². The molecular weight excluding hydrogens is 257 g/mol. The predicted octanol–water partition coefficient (Wildman–Crippen LogP) is 2.41. The largest absolute Gasteiger partial charge is 0.380 e. The van der Waals surface area contributed by atoms with Crippen LogP contribution in [0, 0.1) is 17.1 Å². The molecule has 0 heterocycles. The van der Waals surface area contributed by atoms with Crippen molar-refractivity contribution >= 4 is 11.6 Å². The molecule has 5 heteroatoms. The van der Waals surface area contributed by atoms with E-state index in [1.165, 1.54) is 12.1 Å². The topological polar surface area (TPSA) is 78.9 Å². The summed E-state index contributed by atoms with van der Waals surface area (Å²) >= 11 is 0. The number of carbonyl (C=O) groups excluding carboxylic acids is 1. The normalized spacial score (nSPS) is 9.80. The van der Waals surface area contributed by atoms with Crippen molar-refractivity contribution in [1.29, 1.82) is 5.26 Å². The fourth-order valence-electron chi connectivity index (χ4n) is 1.87. The van der Waals surface area contributed by atoms with Gasteiger partial charge in [0, 0.05) is 12.1 Å². The molecular formula is C15H12FN3O. The molecule has 0 aromatic heterocycles. The molecule has 0 aliphatic heterocycles. The zero-order valence-electron chi connectivity index (χ0n) is 10.6. The predicted molar refractivity (Wildman–Crippen MR) is 73.4 cm³/mol. The lowest BCUT2D eigenvalue weighted by molar-refractivity contribution is 0.0999. The molecule has 0 spiro atoms. The zero-order chi connectivity index (χ0) is 14.5. The number of nitriles is 1. The van der Waals surface area contributed by atoms with Crippen molar-refractivity contribution in [2.75, 3.05) is 5.32 Å². The highest BCUT2D eigenvalue weighted by Gasteiger charge is 2.08. The van der Waals surface area contributed by atoms with Crippen LogP contribution >= 0.6 is 0 Å². The van der Waals surface area contributed by atoms with Gasteiger partial charge in [-0.15, -0.1) is 0 Å². The molecule has 100 valence electrons. The maximum absolute atomic E-state index is 13.0. The summed E-state index contributed by atoms with van der Waals surface area (Å²) in [5.41, 5.74) is 7.14. The van der Waals surface area contributed by atoms with Crippen LogP contribution in [0.4, 0.5) is 10.1 Å². The van der Waals surface area contributed by atoms with Crippen LogP contribution in [-0.4, -0.2) is 5.91 Å². The Morgan fingerprint density at radius 3 is 2.75 bits per heavy atom. The molecule has 0 fully saturated rings. The Hall–Kier alpha value is -2.87. The van der Waals surface area contributed by atoms with E-state index in [9.17, 15) is 9.18 Å². The van der Waals surface area contributed by atoms with E-state index in [4.69, 9.17) is 11.0 Å². The van der Waals surface area contributed by atoms with E-state index in [-0.39, 0.29) is 5.56 Å². The van der Waals surface area contributed by atoms with Crippen LogP contribution in [0.1, 0.15) is 21.5 Å². The van der Waals surface area contributed by atoms with Gasteiger partial charge in [0.15, 0.2) is 0 Å². The van der Waals surface area contributed by atoms with Crippen LogP contribution in [0.15, 0.2) is 42.5 Å². The summed E-state index contributed by atoms with van der Waals surface area (Å²) in [7, 11) is 0. The fourth-order valence-corrected chi connectivity index (χ4v) is 1.87. The van der Waals surface area contributed by atoms with Crippen LogP contribution < -0.4 is 11.1 Å². The van der Waals surface area contributed by atoms with Crippen LogP contribution in [0.2, 0.25) is 0 Å². The smallest absolute Gasteiger partial charge is 0.249 e. The Morgan fingerprint density at radius 2 is 2.05 bits per heavy atom. The first-order chi connectivity index (χ1) is 9.61. The molecule has 2 rings (SSSR count). The number of carbonyl (C=O) groups is 1. The molecule has 0 atom stereocenters. The molecule has 0 saturated heterocycles. The molecule has 0 radical (unpaired) electrons. The summed E-state index contributed by atoms with van der Waals surface area (Å²) in [6.45, 7) is 0.319. The minimum absolute atomic E-state index is 0.210. The van der Waals surface area contributed by atoms with Crippen molar-refractivity contribution in [1.82, 2.24) is 0 Å². The maximum Gasteiger partial charge on any atom is 0.249 e. The Balaban J connectivity index is 2.22. The number of primary amides is 1. The summed E-state index contributed by atoms with van der Waals surface area (Å²) in [6, 6.07) is 12.7. The number of hydrogen-bond donors (Lipinski definition) is 2. The third kappa shape index (κ3) is 2.93. The molecule has 0 bridgehead atoms. The minimum Gasteiger partial charge on any atom is -0.380 e. The average molecular weight is 269 g/mol. The number of rotatable bonds is 4. The lowest BCUT2D eigenvalue weighted by Crippen LogP contribution is -2.15. The van der Waals surface area contributed by atoms with Gasteiger partial charge < -0.3 is 11.1 Å². The summed E-state index contributed by atoms with van der Waals surface area (Å²) in [5.74, 6) is -0.980. The quantitative estimate of drug-likeness (QED) is 0.894. The zero-order valence-corrected chi connectivity index (χ0v) is 10.6. The van der Waals surface area contributed by atoms with Gasteiger partial charge in [-0.05, 0) is 29.8 Å². The Bertz CT molecular complexity index is 692. The molecule has 20 heavy (non-hydrogen) atoms. The van der Waals surface area contributed by atoms with Gasteiger partial charge in [0.1, 0.15) is 11.9 Å². The first-order valence-corrected chi connectivity index (χ1v) is 5.93. The van der Waals surface area contributed by atoms with Crippen molar-refractivity contribution in [2.45, 2.75) is 6.54 Å². The number of amides is 1. The van der Waals surface area contributed by atoms with Gasteiger partial charge in [-0.1, -0.05) is 18.2 Å². The van der Waals surface area contributed by atoms with E-state index in [0.29, 0.717) is 23.4 Å². The van der Waals surface area contributed by atoms with Gasteiger partial charge in [-0.25, -0.2) is 4.39 Å². The highest BCUT2D eigenvalue weighted by molar-refractivity contribution is 5.94. The molecule has 0 saturated carbocycles. The number of nitrogens with one attached hydrogen (secondary N) is 1. The third-order valence-corrected chi connectivity index (χ3v) is 2.85. The van der Waals surface area contributed by atoms with Crippen molar-refractivity contribution in [3.05, 3.63) is 65.0 Å². The summed E-state index contributed by atoms with van der Waals surface area (Å²) in [6.07, 6.45) is 0. The SMILES string of the molecule is N#Cc1cc(F)ccc1NCc1ccccc1C(N)=O. The molecule has 1 amide bonds. The fraction of sp³-hybridized carbons (Fsp3) is 0.0667. The molecule has 2 aromatic carbocycles. The van der Waals surface area contributed by atoms with E-state index < -0.39 is 11.7 Å². The van der Waals surface area contributed by atoms with E-state index in [1.807, 2.05) is 6.07 Å². The lowest BCUT2D eigenvalue weighted by Gasteiger charge is -2.10. The van der Waals surface area contributed by atoms with Gasteiger partial charge >= 0.3 is 0 Å². The second kappa shape index (κ2) is 5.85. The number of hydrogen-bond acceptors (Lipinski definition) is 3. The average Bonchev–Trinajstić information content (AvgIpc) is 2.46. The second-order valence-corrected chi connectivity index (χ2v) is 4.18. The lowest BCUT2D eigenvalue weighted by atomic mass is 10.1. The second-order valence-electron chi connectivity index (χ2n) is 4.18. The van der Waals surface area contributed by atoms with Gasteiger partial charge in [0.2, 0.25) is 5.91 Å². The van der Waals surface area contributed by atoms with Crippen molar-refractivity contribution in [2.24, 2.45) is 5.73 Å². The monoisotopic (exact) mass is 269 g/mol. The molecule has 4 nitrogen and oxygen atoms in total. The number of halogens is 1. The van der Waals surface area contributed by atoms with E-state index in [2.05, 4.69) is 5.32 Å². The Kier molecular flexibility index (Phi) is 3.96. The van der Waals surface area contributed by atoms with Crippen LogP contribution in [0.5, 0.6) is 0 Å².